The molecule has 6 heteroatoms. The number of pyridine rings is 2. The van der Waals surface area contributed by atoms with E-state index in [1.807, 2.05) is 42.7 Å². The van der Waals surface area contributed by atoms with Gasteiger partial charge >= 0.3 is 0 Å². The molecule has 208 valence electrons. The van der Waals surface area contributed by atoms with Gasteiger partial charge in [-0.25, -0.2) is 0 Å². The van der Waals surface area contributed by atoms with Gasteiger partial charge < -0.3 is 11.1 Å². The minimum Gasteiger partial charge on any atom is -0.397 e. The Kier molecular flexibility index (Phi) is 6.72. The highest BCUT2D eigenvalue weighted by Gasteiger charge is 2.51. The van der Waals surface area contributed by atoms with Crippen molar-refractivity contribution < 1.29 is 4.79 Å². The van der Waals surface area contributed by atoms with Gasteiger partial charge in [0.1, 0.15) is 0 Å². The molecule has 0 radical (unpaired) electrons. The van der Waals surface area contributed by atoms with Crippen LogP contribution in [0.4, 0.5) is 17.1 Å². The quantitative estimate of drug-likeness (QED) is 0.252. The van der Waals surface area contributed by atoms with Crippen LogP contribution in [0.25, 0.3) is 22.3 Å². The molecule has 1 aliphatic heterocycles. The molecule has 41 heavy (non-hydrogen) atoms. The first-order valence-corrected chi connectivity index (χ1v) is 14.3. The van der Waals surface area contributed by atoms with E-state index >= 15 is 0 Å². The fraction of sp³-hybridized carbons (Fsp3) is 0.314. The van der Waals surface area contributed by atoms with Crippen LogP contribution >= 0.6 is 0 Å². The fourth-order valence-electron chi connectivity index (χ4n) is 5.72. The third-order valence-corrected chi connectivity index (χ3v) is 8.80. The Morgan fingerprint density at radius 2 is 1.34 bits per heavy atom. The maximum atomic E-state index is 12.1. The van der Waals surface area contributed by atoms with Crippen LogP contribution in [0.2, 0.25) is 0 Å². The smallest absolute Gasteiger partial charge is 0.228 e. The number of aliphatic imine (C=N–C) groups is 1. The summed E-state index contributed by atoms with van der Waals surface area (Å²) < 4.78 is 0. The van der Waals surface area contributed by atoms with Crippen LogP contribution in [-0.2, 0) is 11.2 Å². The maximum Gasteiger partial charge on any atom is 0.228 e. The molecule has 3 heterocycles. The number of amides is 1. The predicted molar refractivity (Wildman–Crippen MR) is 167 cm³/mol. The number of hydrogen-bond acceptors (Lipinski definition) is 5. The van der Waals surface area contributed by atoms with Gasteiger partial charge in [-0.05, 0) is 100 Å². The van der Waals surface area contributed by atoms with Gasteiger partial charge in [-0.15, -0.1) is 0 Å². The lowest BCUT2D eigenvalue weighted by atomic mass is 9.99. The minimum atomic E-state index is 0.0587. The summed E-state index contributed by atoms with van der Waals surface area (Å²) in [5, 5.41) is 2.93. The molecule has 1 amide bonds. The zero-order chi connectivity index (χ0) is 28.8. The second-order valence-corrected chi connectivity index (χ2v) is 12.9. The number of rotatable bonds is 5. The Morgan fingerprint density at radius 3 is 1.88 bits per heavy atom. The molecule has 2 aromatic carbocycles. The summed E-state index contributed by atoms with van der Waals surface area (Å²) in [7, 11) is 0. The molecule has 2 aliphatic carbocycles. The number of carbonyl (C=O) groups is 1. The van der Waals surface area contributed by atoms with Gasteiger partial charge in [0, 0.05) is 48.8 Å². The Hall–Kier alpha value is -4.32. The van der Waals surface area contributed by atoms with E-state index in [-0.39, 0.29) is 17.2 Å². The number of anilines is 2. The molecule has 7 rings (SSSR count). The number of nitrogen functional groups attached to an aromatic ring is 1. The Labute approximate surface area is 242 Å². The van der Waals surface area contributed by atoms with Gasteiger partial charge in [-0.2, -0.15) is 0 Å². The highest BCUT2D eigenvalue weighted by atomic mass is 16.2. The summed E-state index contributed by atoms with van der Waals surface area (Å²) in [4.78, 5) is 25.1. The Morgan fingerprint density at radius 1 is 0.780 bits per heavy atom. The largest absolute Gasteiger partial charge is 0.397 e. The van der Waals surface area contributed by atoms with Crippen molar-refractivity contribution in [3.8, 4) is 22.3 Å². The second-order valence-electron chi connectivity index (χ2n) is 12.9. The van der Waals surface area contributed by atoms with E-state index in [1.165, 1.54) is 34.5 Å². The van der Waals surface area contributed by atoms with Crippen molar-refractivity contribution in [2.45, 2.75) is 47.0 Å². The second kappa shape index (κ2) is 10.3. The van der Waals surface area contributed by atoms with Crippen LogP contribution in [0.5, 0.6) is 0 Å². The van der Waals surface area contributed by atoms with Crippen LogP contribution in [0.1, 0.15) is 46.1 Å². The highest BCUT2D eigenvalue weighted by Crippen LogP contribution is 2.54. The standard InChI is InChI=1S/C18H18N2.C17H19N3O/c1-18(2)11-15(18)17-10-14-9-13(3-4-16(14)20-17)12-5-7-19-8-6-12;1-17(2)10-13(17)16(21)20-15-4-3-12(9-14(15)18)11-5-7-19-8-6-11/h3-9,15H,10-11H2,1-2H3;3-9,13H,10,18H2,1-2H3,(H,20,21). The molecular weight excluding hydrogens is 506 g/mol. The first-order valence-electron chi connectivity index (χ1n) is 14.3. The van der Waals surface area contributed by atoms with E-state index in [2.05, 4.69) is 73.3 Å². The third kappa shape index (κ3) is 5.78. The van der Waals surface area contributed by atoms with Crippen LogP contribution < -0.4 is 11.1 Å². The first kappa shape index (κ1) is 26.9. The summed E-state index contributed by atoms with van der Waals surface area (Å²) >= 11 is 0. The zero-order valence-electron chi connectivity index (χ0n) is 24.2. The van der Waals surface area contributed by atoms with Crippen molar-refractivity contribution in [1.29, 1.82) is 0 Å². The molecule has 0 spiro atoms. The lowest BCUT2D eigenvalue weighted by Gasteiger charge is -2.11. The maximum absolute atomic E-state index is 12.1. The van der Waals surface area contributed by atoms with Crippen molar-refractivity contribution in [2.24, 2.45) is 27.7 Å². The molecule has 2 atom stereocenters. The molecule has 2 saturated carbocycles. The summed E-state index contributed by atoms with van der Waals surface area (Å²) in [5.41, 5.74) is 16.4. The highest BCUT2D eigenvalue weighted by molar-refractivity contribution is 5.99. The minimum absolute atomic E-state index is 0.0587. The van der Waals surface area contributed by atoms with Crippen LogP contribution in [0, 0.1) is 22.7 Å². The number of nitrogens with one attached hydrogen (secondary N) is 1. The Balaban J connectivity index is 0.000000148. The molecule has 0 bridgehead atoms. The molecular formula is C35H37N5O. The summed E-state index contributed by atoms with van der Waals surface area (Å²) in [6, 6.07) is 20.3. The molecule has 6 nitrogen and oxygen atoms in total. The van der Waals surface area contributed by atoms with Crippen LogP contribution in [-0.4, -0.2) is 21.6 Å². The summed E-state index contributed by atoms with van der Waals surface area (Å²) in [6.45, 7) is 8.89. The molecule has 2 unspecified atom stereocenters. The van der Waals surface area contributed by atoms with E-state index in [0.29, 0.717) is 22.7 Å². The van der Waals surface area contributed by atoms with Gasteiger partial charge in [-0.1, -0.05) is 39.8 Å². The lowest BCUT2D eigenvalue weighted by molar-refractivity contribution is -0.118. The molecule has 2 aromatic heterocycles. The van der Waals surface area contributed by atoms with Gasteiger partial charge in [0.15, 0.2) is 0 Å². The number of fused-ring (bicyclic) bond motifs is 1. The average molecular weight is 544 g/mol. The SMILES string of the molecule is CC1(C)CC1C(=O)Nc1ccc(-c2ccncc2)cc1N.CC1(C)CC1C1=Nc2ccc(-c3ccncc3)cc2C1. The summed E-state index contributed by atoms with van der Waals surface area (Å²) in [5.74, 6) is 0.847. The Bertz CT molecular complexity index is 1630. The topological polar surface area (TPSA) is 93.3 Å². The van der Waals surface area contributed by atoms with E-state index in [1.54, 1.807) is 12.4 Å². The number of hydrogen-bond donors (Lipinski definition) is 2. The fourth-order valence-corrected chi connectivity index (χ4v) is 5.72. The average Bonchev–Trinajstić information content (AvgIpc) is 3.74. The molecule has 0 saturated heterocycles. The van der Waals surface area contributed by atoms with Crippen molar-refractivity contribution in [1.82, 2.24) is 9.97 Å². The van der Waals surface area contributed by atoms with E-state index in [9.17, 15) is 4.79 Å². The lowest BCUT2D eigenvalue weighted by Crippen LogP contribution is -2.17. The number of aromatic nitrogens is 2. The predicted octanol–water partition coefficient (Wildman–Crippen LogP) is 7.74. The van der Waals surface area contributed by atoms with E-state index < -0.39 is 0 Å². The van der Waals surface area contributed by atoms with Crippen molar-refractivity contribution in [2.75, 3.05) is 11.1 Å². The number of nitrogens with zero attached hydrogens (tertiary/aromatic N) is 3. The number of nitrogens with two attached hydrogens (primary N) is 1. The molecule has 4 aromatic rings. The molecule has 3 aliphatic rings. The molecule has 2 fully saturated rings. The van der Waals surface area contributed by atoms with Gasteiger partial charge in [0.25, 0.3) is 0 Å². The van der Waals surface area contributed by atoms with Gasteiger partial charge in [-0.3, -0.25) is 19.8 Å². The van der Waals surface area contributed by atoms with Gasteiger partial charge in [0.2, 0.25) is 5.91 Å². The van der Waals surface area contributed by atoms with Crippen LogP contribution in [0.15, 0.2) is 90.4 Å². The third-order valence-electron chi connectivity index (χ3n) is 8.80. The summed E-state index contributed by atoms with van der Waals surface area (Å²) in [6.07, 6.45) is 10.4. The van der Waals surface area contributed by atoms with E-state index in [0.717, 1.165) is 24.0 Å². The van der Waals surface area contributed by atoms with Crippen molar-refractivity contribution >= 4 is 28.7 Å². The number of benzene rings is 2. The van der Waals surface area contributed by atoms with Gasteiger partial charge in [0.05, 0.1) is 17.1 Å². The van der Waals surface area contributed by atoms with Crippen LogP contribution in [0.3, 0.4) is 0 Å². The monoisotopic (exact) mass is 543 g/mol. The van der Waals surface area contributed by atoms with Crippen molar-refractivity contribution in [3.63, 3.8) is 0 Å². The van der Waals surface area contributed by atoms with E-state index in [4.69, 9.17) is 10.7 Å². The first-order chi connectivity index (χ1) is 19.6. The zero-order valence-corrected chi connectivity index (χ0v) is 24.2. The van der Waals surface area contributed by atoms with Crippen molar-refractivity contribution in [3.05, 3.63) is 91.0 Å². The molecule has 3 N–H and O–H groups in total. The number of carbonyl (C=O) groups excluding carboxylic acids is 1. The normalized spacial score (nSPS) is 20.6.